The molecule has 0 aliphatic heterocycles. The Morgan fingerprint density at radius 2 is 2.31 bits per heavy atom. The summed E-state index contributed by atoms with van der Waals surface area (Å²) >= 11 is 5.63. The molecule has 0 radical (unpaired) electrons. The van der Waals surface area contributed by atoms with Crippen molar-refractivity contribution in [3.63, 3.8) is 0 Å². The third-order valence-electron chi connectivity index (χ3n) is 1.70. The minimum atomic E-state index is -0.456. The molecule has 0 amide bonds. The summed E-state index contributed by atoms with van der Waals surface area (Å²) in [6, 6.07) is 6.15. The van der Waals surface area contributed by atoms with Crippen molar-refractivity contribution in [2.24, 2.45) is 5.73 Å². The average Bonchev–Trinajstić information content (AvgIpc) is 2.04. The summed E-state index contributed by atoms with van der Waals surface area (Å²) in [7, 11) is 0. The van der Waals surface area contributed by atoms with Crippen LogP contribution in [0.4, 0.5) is 0 Å². The SMILES string of the molecule is N#CCC(N)c1ccc(Cl)cc1O. The highest BCUT2D eigenvalue weighted by Gasteiger charge is 2.10. The molecule has 0 aliphatic carbocycles. The summed E-state index contributed by atoms with van der Waals surface area (Å²) in [4.78, 5) is 0. The van der Waals surface area contributed by atoms with Crippen molar-refractivity contribution in [1.29, 1.82) is 5.26 Å². The Balaban J connectivity index is 2.96. The highest BCUT2D eigenvalue weighted by molar-refractivity contribution is 6.30. The normalized spacial score (nSPS) is 12.1. The molecule has 0 saturated carbocycles. The van der Waals surface area contributed by atoms with Gasteiger partial charge in [-0.2, -0.15) is 5.26 Å². The van der Waals surface area contributed by atoms with Crippen LogP contribution in [0.15, 0.2) is 18.2 Å². The van der Waals surface area contributed by atoms with Crippen molar-refractivity contribution in [1.82, 2.24) is 0 Å². The Morgan fingerprint density at radius 3 is 2.85 bits per heavy atom. The van der Waals surface area contributed by atoms with Crippen molar-refractivity contribution in [3.05, 3.63) is 28.8 Å². The van der Waals surface area contributed by atoms with E-state index in [2.05, 4.69) is 0 Å². The van der Waals surface area contributed by atoms with Crippen LogP contribution in [0.1, 0.15) is 18.0 Å². The molecule has 0 heterocycles. The molecule has 1 atom stereocenters. The number of nitrogens with zero attached hydrogens (tertiary/aromatic N) is 1. The Bertz CT molecular complexity index is 346. The molecule has 1 aromatic carbocycles. The Hall–Kier alpha value is -1.24. The molecule has 1 aromatic rings. The number of hydrogen-bond acceptors (Lipinski definition) is 3. The van der Waals surface area contributed by atoms with E-state index < -0.39 is 6.04 Å². The molecule has 3 N–H and O–H groups in total. The molecule has 1 rings (SSSR count). The van der Waals surface area contributed by atoms with E-state index in [1.807, 2.05) is 6.07 Å². The lowest BCUT2D eigenvalue weighted by molar-refractivity contribution is 0.462. The van der Waals surface area contributed by atoms with E-state index in [1.165, 1.54) is 6.07 Å². The van der Waals surface area contributed by atoms with Gasteiger partial charge in [-0.25, -0.2) is 0 Å². The van der Waals surface area contributed by atoms with Crippen LogP contribution < -0.4 is 5.73 Å². The number of aromatic hydroxyl groups is 1. The fraction of sp³-hybridized carbons (Fsp3) is 0.222. The van der Waals surface area contributed by atoms with Crippen molar-refractivity contribution < 1.29 is 5.11 Å². The van der Waals surface area contributed by atoms with Crippen molar-refractivity contribution in [3.8, 4) is 11.8 Å². The smallest absolute Gasteiger partial charge is 0.121 e. The van der Waals surface area contributed by atoms with Crippen LogP contribution in [0.2, 0.25) is 5.02 Å². The monoisotopic (exact) mass is 196 g/mol. The van der Waals surface area contributed by atoms with Gasteiger partial charge >= 0.3 is 0 Å². The van der Waals surface area contributed by atoms with Gasteiger partial charge in [0.05, 0.1) is 12.5 Å². The third-order valence-corrected chi connectivity index (χ3v) is 1.94. The van der Waals surface area contributed by atoms with E-state index in [0.29, 0.717) is 10.6 Å². The predicted molar refractivity (Wildman–Crippen MR) is 50.3 cm³/mol. The first-order valence-corrected chi connectivity index (χ1v) is 4.14. The topological polar surface area (TPSA) is 70.0 Å². The largest absolute Gasteiger partial charge is 0.508 e. The zero-order valence-electron chi connectivity index (χ0n) is 6.87. The first-order valence-electron chi connectivity index (χ1n) is 3.76. The minimum Gasteiger partial charge on any atom is -0.508 e. The van der Waals surface area contributed by atoms with E-state index in [1.54, 1.807) is 12.1 Å². The number of phenols is 1. The molecule has 0 fully saturated rings. The first kappa shape index (κ1) is 9.85. The third kappa shape index (κ3) is 2.35. The highest BCUT2D eigenvalue weighted by Crippen LogP contribution is 2.27. The Labute approximate surface area is 81.4 Å². The van der Waals surface area contributed by atoms with Gasteiger partial charge in [-0.05, 0) is 12.1 Å². The van der Waals surface area contributed by atoms with E-state index in [9.17, 15) is 5.11 Å². The number of halogens is 1. The molecule has 0 aromatic heterocycles. The Morgan fingerprint density at radius 1 is 1.62 bits per heavy atom. The van der Waals surface area contributed by atoms with Gasteiger partial charge in [-0.1, -0.05) is 17.7 Å². The predicted octanol–water partition coefficient (Wildman–Crippen LogP) is 1.96. The van der Waals surface area contributed by atoms with Gasteiger partial charge in [-0.15, -0.1) is 0 Å². The second-order valence-electron chi connectivity index (χ2n) is 2.67. The van der Waals surface area contributed by atoms with E-state index in [-0.39, 0.29) is 12.2 Å². The van der Waals surface area contributed by atoms with E-state index in [0.717, 1.165) is 0 Å². The maximum absolute atomic E-state index is 9.41. The number of hydrogen-bond donors (Lipinski definition) is 2. The first-order chi connectivity index (χ1) is 6.15. The van der Waals surface area contributed by atoms with E-state index >= 15 is 0 Å². The van der Waals surface area contributed by atoms with Crippen LogP contribution in [-0.4, -0.2) is 5.11 Å². The number of benzene rings is 1. The van der Waals surface area contributed by atoms with Crippen molar-refractivity contribution in [2.75, 3.05) is 0 Å². The van der Waals surface area contributed by atoms with Crippen LogP contribution in [-0.2, 0) is 0 Å². The van der Waals surface area contributed by atoms with E-state index in [4.69, 9.17) is 22.6 Å². The number of nitrogens with two attached hydrogens (primary N) is 1. The number of nitriles is 1. The summed E-state index contributed by atoms with van der Waals surface area (Å²) in [5.74, 6) is 0.0373. The molecular formula is C9H9ClN2O. The van der Waals surface area contributed by atoms with Gasteiger partial charge in [0.1, 0.15) is 5.75 Å². The zero-order valence-corrected chi connectivity index (χ0v) is 7.62. The molecule has 3 nitrogen and oxygen atoms in total. The fourth-order valence-electron chi connectivity index (χ4n) is 1.04. The maximum atomic E-state index is 9.41. The van der Waals surface area contributed by atoms with Gasteiger partial charge in [0.25, 0.3) is 0 Å². The lowest BCUT2D eigenvalue weighted by Gasteiger charge is -2.09. The molecule has 0 spiro atoms. The van der Waals surface area contributed by atoms with Gasteiger partial charge < -0.3 is 10.8 Å². The minimum absolute atomic E-state index is 0.0373. The lowest BCUT2D eigenvalue weighted by Crippen LogP contribution is -2.09. The fourth-order valence-corrected chi connectivity index (χ4v) is 1.21. The molecule has 68 valence electrons. The van der Waals surface area contributed by atoms with Crippen molar-refractivity contribution >= 4 is 11.6 Å². The Kier molecular flexibility index (Phi) is 3.13. The summed E-state index contributed by atoms with van der Waals surface area (Å²) in [6.07, 6.45) is 0.176. The number of rotatable bonds is 2. The lowest BCUT2D eigenvalue weighted by atomic mass is 10.0. The van der Waals surface area contributed by atoms with Gasteiger partial charge in [0, 0.05) is 16.6 Å². The second-order valence-corrected chi connectivity index (χ2v) is 3.11. The zero-order chi connectivity index (χ0) is 9.84. The molecule has 4 heteroatoms. The molecule has 13 heavy (non-hydrogen) atoms. The molecule has 0 aliphatic rings. The molecule has 0 bridgehead atoms. The van der Waals surface area contributed by atoms with Gasteiger partial charge in [0.2, 0.25) is 0 Å². The van der Waals surface area contributed by atoms with Gasteiger partial charge in [0.15, 0.2) is 0 Å². The van der Waals surface area contributed by atoms with Crippen LogP contribution in [0.25, 0.3) is 0 Å². The van der Waals surface area contributed by atoms with Crippen LogP contribution in [0.5, 0.6) is 5.75 Å². The second kappa shape index (κ2) is 4.13. The average molecular weight is 197 g/mol. The van der Waals surface area contributed by atoms with Crippen LogP contribution in [0.3, 0.4) is 0 Å². The van der Waals surface area contributed by atoms with Crippen LogP contribution >= 0.6 is 11.6 Å². The summed E-state index contributed by atoms with van der Waals surface area (Å²) < 4.78 is 0. The number of phenolic OH excluding ortho intramolecular Hbond substituents is 1. The van der Waals surface area contributed by atoms with Gasteiger partial charge in [-0.3, -0.25) is 0 Å². The molecule has 0 saturated heterocycles. The highest BCUT2D eigenvalue weighted by atomic mass is 35.5. The quantitative estimate of drug-likeness (QED) is 0.760. The maximum Gasteiger partial charge on any atom is 0.121 e. The molecule has 1 unspecified atom stereocenters. The summed E-state index contributed by atoms with van der Waals surface area (Å²) in [6.45, 7) is 0. The van der Waals surface area contributed by atoms with Crippen molar-refractivity contribution in [2.45, 2.75) is 12.5 Å². The summed E-state index contributed by atoms with van der Waals surface area (Å²) in [5, 5.41) is 18.3. The molecular weight excluding hydrogens is 188 g/mol. The standard InChI is InChI=1S/C9H9ClN2O/c10-6-1-2-7(9(13)5-6)8(12)3-4-11/h1-2,5,8,13H,3,12H2. The summed E-state index contributed by atoms with van der Waals surface area (Å²) in [5.41, 5.74) is 6.18. The van der Waals surface area contributed by atoms with Crippen LogP contribution in [0, 0.1) is 11.3 Å².